The normalized spacial score (nSPS) is 24.8. The monoisotopic (exact) mass is 1170 g/mol. The van der Waals surface area contributed by atoms with Gasteiger partial charge < -0.3 is 63.8 Å². The summed E-state index contributed by atoms with van der Waals surface area (Å²) in [4.78, 5) is 124. The minimum absolute atomic E-state index is 0.102. The third kappa shape index (κ3) is 20.5. The van der Waals surface area contributed by atoms with Crippen LogP contribution in [0.2, 0.25) is 0 Å². The molecule has 0 radical (unpaired) electrons. The summed E-state index contributed by atoms with van der Waals surface area (Å²) in [6.07, 6.45) is -6.09. The number of hydrogen-bond donors (Lipinski definition) is 10. The van der Waals surface area contributed by atoms with E-state index >= 15 is 0 Å². The molecule has 2 aromatic heterocycles. The van der Waals surface area contributed by atoms with Crippen molar-refractivity contribution in [2.75, 3.05) is 18.9 Å². The van der Waals surface area contributed by atoms with Gasteiger partial charge in [0.2, 0.25) is 11.7 Å². The molecule has 6 unspecified atom stereocenters. The maximum Gasteiger partial charge on any atom is 0.490 e. The highest BCUT2D eigenvalue weighted by molar-refractivity contribution is 7.67. The Bertz CT molecular complexity index is 3010. The second kappa shape index (κ2) is 24.7. The van der Waals surface area contributed by atoms with Gasteiger partial charge in [0.1, 0.15) is 30.5 Å². The van der Waals surface area contributed by atoms with Crippen molar-refractivity contribution in [1.82, 2.24) is 19.1 Å². The van der Waals surface area contributed by atoms with Crippen LogP contribution in [0.5, 0.6) is 0 Å². The van der Waals surface area contributed by atoms with Crippen LogP contribution in [0.3, 0.4) is 0 Å². The minimum Gasteiger partial charge on any atom is -0.383 e. The van der Waals surface area contributed by atoms with E-state index in [1.165, 1.54) is 19.2 Å². The zero-order chi connectivity index (χ0) is 55.6. The number of aromatic nitrogens is 4. The van der Waals surface area contributed by atoms with E-state index in [1.807, 2.05) is 4.98 Å². The number of anilines is 1. The molecule has 0 bridgehead atoms. The molecule has 0 spiro atoms. The molecular formula is C23H37N17O27P6. The molecule has 2 aromatic rings. The summed E-state index contributed by atoms with van der Waals surface area (Å²) in [5.41, 5.74) is 38.0. The van der Waals surface area contributed by atoms with Crippen molar-refractivity contribution in [3.05, 3.63) is 97.1 Å². The van der Waals surface area contributed by atoms with Crippen LogP contribution in [-0.4, -0.2) is 108 Å². The summed E-state index contributed by atoms with van der Waals surface area (Å²) in [6.45, 7) is 1.51. The van der Waals surface area contributed by atoms with Crippen LogP contribution >= 0.6 is 46.9 Å². The van der Waals surface area contributed by atoms with Gasteiger partial charge in [0, 0.05) is 50.4 Å². The van der Waals surface area contributed by atoms with E-state index in [0.29, 0.717) is 0 Å². The highest BCUT2D eigenvalue weighted by Crippen LogP contribution is 2.67. The molecule has 73 heavy (non-hydrogen) atoms. The number of phosphoric ester groups is 2. The van der Waals surface area contributed by atoms with Crippen LogP contribution in [0.4, 0.5) is 5.82 Å². The summed E-state index contributed by atoms with van der Waals surface area (Å²) in [5.74, 6) is -4.48. The fourth-order valence-corrected chi connectivity index (χ4v) is 11.8. The van der Waals surface area contributed by atoms with Gasteiger partial charge in [0.15, 0.2) is 0 Å². The molecule has 4 rings (SSSR count). The van der Waals surface area contributed by atoms with E-state index in [1.54, 1.807) is 0 Å². The molecule has 44 nitrogen and oxygen atoms in total. The average Bonchev–Trinajstić information content (AvgIpc) is 3.78. The molecule has 0 amide bonds. The van der Waals surface area contributed by atoms with Crippen molar-refractivity contribution >= 4 is 52.8 Å². The number of rotatable bonds is 24. The van der Waals surface area contributed by atoms with Gasteiger partial charge in [-0.3, -0.25) is 28.0 Å². The zero-order valence-electron chi connectivity index (χ0n) is 36.3. The molecular weight excluding hydrogens is 1130 g/mol. The van der Waals surface area contributed by atoms with Gasteiger partial charge >= 0.3 is 58.3 Å². The Kier molecular flexibility index (Phi) is 21.2. The summed E-state index contributed by atoms with van der Waals surface area (Å²) >= 11 is 0. The summed E-state index contributed by atoms with van der Waals surface area (Å²) in [5, 5.41) is 12.9. The van der Waals surface area contributed by atoms with Crippen LogP contribution in [0.1, 0.15) is 44.7 Å². The van der Waals surface area contributed by atoms with Gasteiger partial charge in [-0.25, -0.2) is 37.0 Å². The largest absolute Gasteiger partial charge is 0.490 e. The van der Waals surface area contributed by atoms with E-state index in [-0.39, 0.29) is 24.2 Å². The fraction of sp³-hybridized carbons (Fsp3) is 0.652. The second-order valence-corrected chi connectivity index (χ2v) is 22.8. The third-order valence-electron chi connectivity index (χ3n) is 8.28. The number of phosphoric acid groups is 6. The standard InChI is InChI=1S/C12H19N8O14P3.C11H18N9O13P3/c1-6-4-20(11(22)15-10(6)21)9-3-7(32-12(2,16-18-13)17-19-14)8(31-9)5-30-36(26,27)34-37(28,29)33-35(23,24)25;1-11(16-18-13,17-19-14)31-6-4-9(20-3-2-8(12)15-10(20)21)30-7(6)5-29-35(25,26)33-36(27,28)32-34(22,23)24/h4,7-9H,3,5H2,1-2H3,(H,26,27)(H,28,29)(H,15,21,22)(H2,23,24,25);2-3,6-7,9H,4-5H2,1H3,(H,25,26)(H,27,28)(H2,12,15,21)(H2,22,23,24)/t7?,8-,9-;6?,7-,9-/m11/s1. The Morgan fingerprint density at radius 3 is 1.44 bits per heavy atom. The van der Waals surface area contributed by atoms with E-state index in [9.17, 15) is 61.3 Å². The van der Waals surface area contributed by atoms with Crippen LogP contribution in [0, 0.1) is 6.92 Å². The summed E-state index contributed by atoms with van der Waals surface area (Å²) < 4.78 is 116. The predicted molar refractivity (Wildman–Crippen MR) is 229 cm³/mol. The first-order valence-electron chi connectivity index (χ1n) is 18.5. The Morgan fingerprint density at radius 1 is 0.699 bits per heavy atom. The number of aromatic amines is 1. The molecule has 2 fully saturated rings. The topological polar surface area (TPSA) is 667 Å². The smallest absolute Gasteiger partial charge is 0.383 e. The quantitative estimate of drug-likeness (QED) is 0.0312. The van der Waals surface area contributed by atoms with E-state index in [0.717, 1.165) is 29.2 Å². The lowest BCUT2D eigenvalue weighted by atomic mass is 10.2. The van der Waals surface area contributed by atoms with Crippen molar-refractivity contribution in [3.8, 4) is 0 Å². The Hall–Kier alpha value is -4.74. The number of H-pyrrole nitrogens is 1. The van der Waals surface area contributed by atoms with Crippen molar-refractivity contribution in [3.63, 3.8) is 0 Å². The first kappa shape index (κ1) is 62.6. The SMILES string of the molecule is CC(N=[N+]=[N-])(N=[N+]=[N-])OC1C[C@H](n2ccc(N)nc2=O)O[C@@H]1COP(=O)(O)OP(=O)(O)OP(=O)(O)O.Cc1cn([C@H]2CC(OC(C)(N=[N+]=[N-])N=[N+]=[N-])[C@@H](COP(=O)(O)OP(=O)(O)OP(=O)(O)O)O2)c(=O)[nH]c1=O. The molecule has 0 aliphatic carbocycles. The number of aryl methyl sites for hydroxylation is 1. The van der Waals surface area contributed by atoms with Crippen LogP contribution in [0.25, 0.3) is 41.8 Å². The average molecular weight is 1170 g/mol. The van der Waals surface area contributed by atoms with Crippen molar-refractivity contribution in [1.29, 1.82) is 0 Å². The van der Waals surface area contributed by atoms with E-state index in [4.69, 9.17) is 66.4 Å². The lowest BCUT2D eigenvalue weighted by Gasteiger charge is -2.26. The van der Waals surface area contributed by atoms with Gasteiger partial charge in [0.25, 0.3) is 5.56 Å². The number of nitrogens with two attached hydrogens (primary N) is 1. The Balaban J connectivity index is 0.000000385. The number of hydrogen-bond acceptors (Lipinski definition) is 25. The van der Waals surface area contributed by atoms with Crippen LogP contribution < -0.4 is 22.7 Å². The molecule has 50 heteroatoms. The van der Waals surface area contributed by atoms with Crippen molar-refractivity contribution in [2.24, 2.45) is 20.5 Å². The van der Waals surface area contributed by atoms with Gasteiger partial charge in [-0.2, -0.15) is 22.2 Å². The number of azide groups is 2. The molecule has 11 N–H and O–H groups in total. The summed E-state index contributed by atoms with van der Waals surface area (Å²) in [7, 11) is -33.9. The molecule has 2 saturated heterocycles. The number of nitrogens with zero attached hydrogens (tertiary/aromatic N) is 15. The van der Waals surface area contributed by atoms with Gasteiger partial charge in [-0.05, 0) is 49.0 Å². The second-order valence-electron chi connectivity index (χ2n) is 14.0. The molecule has 4 heterocycles. The molecule has 0 saturated carbocycles. The molecule has 10 atom stereocenters. The lowest BCUT2D eigenvalue weighted by molar-refractivity contribution is -0.114. The van der Waals surface area contributed by atoms with E-state index in [2.05, 4.69) is 71.4 Å². The van der Waals surface area contributed by atoms with Crippen molar-refractivity contribution in [2.45, 2.75) is 82.2 Å². The molecule has 406 valence electrons. The first-order chi connectivity index (χ1) is 33.4. The number of nitrogens with one attached hydrogen (secondary N) is 1. The van der Waals surface area contributed by atoms with Crippen LogP contribution in [0.15, 0.2) is 53.3 Å². The molecule has 2 aliphatic heterocycles. The lowest BCUT2D eigenvalue weighted by Crippen LogP contribution is -2.36. The van der Waals surface area contributed by atoms with E-state index < -0.39 is 126 Å². The molecule has 0 aromatic carbocycles. The number of nitrogen functional groups attached to an aromatic ring is 1. The highest BCUT2D eigenvalue weighted by atomic mass is 31.3. The van der Waals surface area contributed by atoms with Gasteiger partial charge in [-0.15, -0.1) is 0 Å². The van der Waals surface area contributed by atoms with Gasteiger partial charge in [-0.1, -0.05) is 20.5 Å². The van der Waals surface area contributed by atoms with Gasteiger partial charge in [0.05, 0.1) is 25.4 Å². The Labute approximate surface area is 401 Å². The molecule has 2 aliphatic rings. The highest BCUT2D eigenvalue weighted by Gasteiger charge is 2.47. The van der Waals surface area contributed by atoms with Crippen molar-refractivity contribution < 1.29 is 112 Å². The number of ether oxygens (including phenoxy) is 4. The zero-order valence-corrected chi connectivity index (χ0v) is 41.7. The predicted octanol–water partition coefficient (Wildman–Crippen LogP) is 2.29. The maximum absolute atomic E-state index is 12.3. The first-order valence-corrected chi connectivity index (χ1v) is 27.6. The third-order valence-corrected chi connectivity index (χ3v) is 15.9. The minimum atomic E-state index is -5.80. The van der Waals surface area contributed by atoms with Crippen LogP contribution in [-0.2, 0) is 72.6 Å². The maximum atomic E-state index is 12.3. The fourth-order valence-electron chi connectivity index (χ4n) is 5.72. The Morgan fingerprint density at radius 2 is 1.08 bits per heavy atom. The summed E-state index contributed by atoms with van der Waals surface area (Å²) in [6, 6.07) is 1.25.